The summed E-state index contributed by atoms with van der Waals surface area (Å²) in [5.41, 5.74) is 0.440. The van der Waals surface area contributed by atoms with Gasteiger partial charge in [0.05, 0.1) is 6.54 Å². The molecule has 3 rings (SSSR count). The lowest BCUT2D eigenvalue weighted by molar-refractivity contribution is -0.274. The molecular formula is C22H23F3N2O6. The number of carbonyl (C=O) groups excluding carboxylic acids is 1. The maximum absolute atomic E-state index is 12.8. The standard InChI is InChI=1S/C22H23F3N2O6/c23-22(24,25)33-19-6-2-5-18(14-19)32-16-7-10-27(11-8-16)20(28)15-3-1-4-17(13-15)31-12-9-26-21(29)30/h1-6,13-14,16,26H,7-12H2,(H,29,30). The predicted octanol–water partition coefficient (Wildman–Crippen LogP) is 3.92. The molecule has 8 nitrogen and oxygen atoms in total. The summed E-state index contributed by atoms with van der Waals surface area (Å²) in [4.78, 5) is 25.0. The molecule has 33 heavy (non-hydrogen) atoms. The quantitative estimate of drug-likeness (QED) is 0.570. The number of alkyl halides is 3. The van der Waals surface area contributed by atoms with Crippen LogP contribution in [-0.2, 0) is 0 Å². The summed E-state index contributed by atoms with van der Waals surface area (Å²) < 4.78 is 52.3. The van der Waals surface area contributed by atoms with Crippen LogP contribution in [0.15, 0.2) is 48.5 Å². The van der Waals surface area contributed by atoms with Gasteiger partial charge in [-0.15, -0.1) is 13.2 Å². The monoisotopic (exact) mass is 468 g/mol. The first-order chi connectivity index (χ1) is 15.7. The smallest absolute Gasteiger partial charge is 0.492 e. The van der Waals surface area contributed by atoms with Gasteiger partial charge in [0, 0.05) is 37.6 Å². The maximum Gasteiger partial charge on any atom is 0.573 e. The van der Waals surface area contributed by atoms with Crippen molar-refractivity contribution in [2.75, 3.05) is 26.2 Å². The maximum atomic E-state index is 12.8. The predicted molar refractivity (Wildman–Crippen MR) is 111 cm³/mol. The first-order valence-corrected chi connectivity index (χ1v) is 10.2. The van der Waals surface area contributed by atoms with Crippen LogP contribution >= 0.6 is 0 Å². The molecule has 1 heterocycles. The molecule has 2 aromatic carbocycles. The average molecular weight is 468 g/mol. The minimum atomic E-state index is -4.78. The molecule has 0 aliphatic carbocycles. The van der Waals surface area contributed by atoms with E-state index in [1.807, 2.05) is 0 Å². The number of nitrogens with zero attached hydrogens (tertiary/aromatic N) is 1. The number of hydrogen-bond acceptors (Lipinski definition) is 5. The summed E-state index contributed by atoms with van der Waals surface area (Å²) in [5, 5.41) is 10.7. The largest absolute Gasteiger partial charge is 0.573 e. The fraction of sp³-hybridized carbons (Fsp3) is 0.364. The molecule has 0 saturated carbocycles. The van der Waals surface area contributed by atoms with Gasteiger partial charge in [-0.3, -0.25) is 4.79 Å². The second-order valence-corrected chi connectivity index (χ2v) is 7.24. The Morgan fingerprint density at radius 2 is 1.70 bits per heavy atom. The second-order valence-electron chi connectivity index (χ2n) is 7.24. The van der Waals surface area contributed by atoms with Gasteiger partial charge in [0.25, 0.3) is 5.91 Å². The van der Waals surface area contributed by atoms with E-state index in [4.69, 9.17) is 14.6 Å². The third-order valence-corrected chi connectivity index (χ3v) is 4.80. The number of likely N-dealkylation sites (tertiary alicyclic amines) is 1. The zero-order chi connectivity index (χ0) is 23.8. The SMILES string of the molecule is O=C(O)NCCOc1cccc(C(=O)N2CCC(Oc3cccc(OC(F)(F)F)c3)CC2)c1. The lowest BCUT2D eigenvalue weighted by Gasteiger charge is -2.32. The van der Waals surface area contributed by atoms with E-state index in [2.05, 4.69) is 10.1 Å². The van der Waals surface area contributed by atoms with E-state index in [0.717, 1.165) is 0 Å². The Bertz CT molecular complexity index is 961. The van der Waals surface area contributed by atoms with Crippen molar-refractivity contribution in [1.29, 1.82) is 0 Å². The summed E-state index contributed by atoms with van der Waals surface area (Å²) in [6.07, 6.45) is -5.12. The molecule has 0 radical (unpaired) electrons. The molecule has 0 atom stereocenters. The lowest BCUT2D eigenvalue weighted by atomic mass is 10.1. The van der Waals surface area contributed by atoms with Crippen molar-refractivity contribution in [3.05, 3.63) is 54.1 Å². The molecule has 0 bridgehead atoms. The van der Waals surface area contributed by atoms with E-state index in [-0.39, 0.29) is 36.7 Å². The van der Waals surface area contributed by atoms with Crippen LogP contribution in [0.2, 0.25) is 0 Å². The highest BCUT2D eigenvalue weighted by Gasteiger charge is 2.31. The number of ether oxygens (including phenoxy) is 3. The Morgan fingerprint density at radius 3 is 2.39 bits per heavy atom. The summed E-state index contributed by atoms with van der Waals surface area (Å²) in [5.74, 6) is 0.188. The average Bonchev–Trinajstić information content (AvgIpc) is 2.76. The highest BCUT2D eigenvalue weighted by atomic mass is 19.4. The van der Waals surface area contributed by atoms with Gasteiger partial charge in [-0.05, 0) is 30.3 Å². The number of nitrogens with one attached hydrogen (secondary N) is 1. The van der Waals surface area contributed by atoms with Gasteiger partial charge in [0.1, 0.15) is 30.0 Å². The van der Waals surface area contributed by atoms with Crippen molar-refractivity contribution < 1.29 is 42.1 Å². The van der Waals surface area contributed by atoms with Gasteiger partial charge in [-0.25, -0.2) is 4.79 Å². The van der Waals surface area contributed by atoms with Crippen LogP contribution in [0.1, 0.15) is 23.2 Å². The first kappa shape index (κ1) is 24.0. The number of carboxylic acid groups (broad SMARTS) is 1. The summed E-state index contributed by atoms with van der Waals surface area (Å²) in [6.45, 7) is 1.10. The molecular weight excluding hydrogens is 445 g/mol. The summed E-state index contributed by atoms with van der Waals surface area (Å²) in [7, 11) is 0. The summed E-state index contributed by atoms with van der Waals surface area (Å²) >= 11 is 0. The number of hydrogen-bond donors (Lipinski definition) is 2. The van der Waals surface area contributed by atoms with E-state index in [1.165, 1.54) is 18.2 Å². The van der Waals surface area contributed by atoms with E-state index >= 15 is 0 Å². The van der Waals surface area contributed by atoms with Crippen molar-refractivity contribution in [1.82, 2.24) is 10.2 Å². The fourth-order valence-electron chi connectivity index (χ4n) is 3.34. The van der Waals surface area contributed by atoms with Crippen LogP contribution in [0, 0.1) is 0 Å². The Morgan fingerprint density at radius 1 is 1.03 bits per heavy atom. The Balaban J connectivity index is 1.50. The third kappa shape index (κ3) is 7.78. The summed E-state index contributed by atoms with van der Waals surface area (Å²) in [6, 6.07) is 12.0. The molecule has 2 amide bonds. The van der Waals surface area contributed by atoms with Crippen LogP contribution in [0.5, 0.6) is 17.2 Å². The number of piperidine rings is 1. The topological polar surface area (TPSA) is 97.3 Å². The number of benzene rings is 2. The van der Waals surface area contributed by atoms with Gasteiger partial charge >= 0.3 is 12.5 Å². The molecule has 1 aliphatic rings. The van der Waals surface area contributed by atoms with E-state index < -0.39 is 12.5 Å². The van der Waals surface area contributed by atoms with Gasteiger partial charge in [-0.2, -0.15) is 0 Å². The van der Waals surface area contributed by atoms with Crippen LogP contribution < -0.4 is 19.5 Å². The van der Waals surface area contributed by atoms with Gasteiger partial charge in [0.15, 0.2) is 0 Å². The number of rotatable bonds is 8. The molecule has 2 aromatic rings. The van der Waals surface area contributed by atoms with Gasteiger partial charge in [0.2, 0.25) is 0 Å². The Hall–Kier alpha value is -3.63. The molecule has 0 aromatic heterocycles. The minimum absolute atomic E-state index is 0.117. The Kier molecular flexibility index (Phi) is 7.86. The van der Waals surface area contributed by atoms with Gasteiger partial charge < -0.3 is 29.5 Å². The molecule has 0 spiro atoms. The van der Waals surface area contributed by atoms with Crippen molar-refractivity contribution in [2.24, 2.45) is 0 Å². The highest BCUT2D eigenvalue weighted by Crippen LogP contribution is 2.28. The number of amides is 2. The fourth-order valence-corrected chi connectivity index (χ4v) is 3.34. The lowest BCUT2D eigenvalue weighted by Crippen LogP contribution is -2.41. The molecule has 11 heteroatoms. The van der Waals surface area contributed by atoms with E-state index in [9.17, 15) is 22.8 Å². The van der Waals surface area contributed by atoms with Crippen molar-refractivity contribution in [2.45, 2.75) is 25.3 Å². The molecule has 1 fully saturated rings. The molecule has 1 aliphatic heterocycles. The zero-order valence-corrected chi connectivity index (χ0v) is 17.5. The van der Waals surface area contributed by atoms with E-state index in [1.54, 1.807) is 35.2 Å². The van der Waals surface area contributed by atoms with Crippen LogP contribution in [-0.4, -0.2) is 60.7 Å². The minimum Gasteiger partial charge on any atom is -0.492 e. The van der Waals surface area contributed by atoms with Crippen molar-refractivity contribution in [3.63, 3.8) is 0 Å². The van der Waals surface area contributed by atoms with Gasteiger partial charge in [-0.1, -0.05) is 12.1 Å². The highest BCUT2D eigenvalue weighted by molar-refractivity contribution is 5.94. The number of carbonyl (C=O) groups is 2. The molecule has 0 unspecified atom stereocenters. The van der Waals surface area contributed by atoms with Crippen molar-refractivity contribution in [3.8, 4) is 17.2 Å². The van der Waals surface area contributed by atoms with Crippen LogP contribution in [0.25, 0.3) is 0 Å². The zero-order valence-electron chi connectivity index (χ0n) is 17.5. The first-order valence-electron chi connectivity index (χ1n) is 10.2. The Labute approximate surface area is 187 Å². The third-order valence-electron chi connectivity index (χ3n) is 4.80. The van der Waals surface area contributed by atoms with E-state index in [0.29, 0.717) is 37.2 Å². The number of halogens is 3. The van der Waals surface area contributed by atoms with Crippen molar-refractivity contribution >= 4 is 12.0 Å². The molecule has 2 N–H and O–H groups in total. The second kappa shape index (κ2) is 10.8. The molecule has 1 saturated heterocycles. The van der Waals surface area contributed by atoms with Crippen LogP contribution in [0.3, 0.4) is 0 Å². The molecule has 178 valence electrons. The van der Waals surface area contributed by atoms with Crippen LogP contribution in [0.4, 0.5) is 18.0 Å². The normalized spacial score (nSPS) is 14.5.